The van der Waals surface area contributed by atoms with Crippen molar-refractivity contribution in [2.75, 3.05) is 0 Å². The van der Waals surface area contributed by atoms with Crippen LogP contribution in [0.2, 0.25) is 0 Å². The first kappa shape index (κ1) is 19.7. The molecule has 1 aromatic carbocycles. The lowest BCUT2D eigenvalue weighted by Crippen LogP contribution is -2.22. The monoisotopic (exact) mass is 330 g/mol. The Hall–Kier alpha value is -2.36. The molecule has 130 valence electrons. The first-order chi connectivity index (χ1) is 11.0. The third kappa shape index (κ3) is 8.32. The highest BCUT2D eigenvalue weighted by atomic mass is 16.6. The van der Waals surface area contributed by atoms with E-state index in [1.807, 2.05) is 65.8 Å². The maximum absolute atomic E-state index is 11.8. The molecule has 0 radical (unpaired) electrons. The second-order valence-corrected chi connectivity index (χ2v) is 7.36. The van der Waals surface area contributed by atoms with Crippen molar-refractivity contribution in [3.05, 3.63) is 47.5 Å². The van der Waals surface area contributed by atoms with Crippen LogP contribution < -0.4 is 0 Å². The molecule has 4 nitrogen and oxygen atoms in total. The number of carbonyl (C=O) groups excluding carboxylic acids is 2. The third-order valence-corrected chi connectivity index (χ3v) is 2.61. The number of carbonyl (C=O) groups is 2. The number of hydrogen-bond acceptors (Lipinski definition) is 4. The summed E-state index contributed by atoms with van der Waals surface area (Å²) >= 11 is 0. The number of hydrogen-bond donors (Lipinski definition) is 0. The van der Waals surface area contributed by atoms with Crippen LogP contribution in [0.15, 0.2) is 36.4 Å². The van der Waals surface area contributed by atoms with Crippen LogP contribution in [-0.2, 0) is 19.1 Å². The first-order valence-electron chi connectivity index (χ1n) is 7.87. The zero-order chi connectivity index (χ0) is 18.4. The van der Waals surface area contributed by atoms with Gasteiger partial charge in [0, 0.05) is 12.2 Å². The van der Waals surface area contributed by atoms with E-state index in [0.717, 1.165) is 11.1 Å². The molecule has 0 atom stereocenters. The van der Waals surface area contributed by atoms with Crippen LogP contribution in [0.1, 0.15) is 52.7 Å². The van der Waals surface area contributed by atoms with Gasteiger partial charge in [-0.3, -0.25) is 0 Å². The van der Waals surface area contributed by atoms with Crippen molar-refractivity contribution in [3.63, 3.8) is 0 Å². The molecule has 1 rings (SSSR count). The average Bonchev–Trinajstić information content (AvgIpc) is 2.40. The summed E-state index contributed by atoms with van der Waals surface area (Å²) in [6.45, 7) is 10.9. The molecular weight excluding hydrogens is 304 g/mol. The van der Waals surface area contributed by atoms with Gasteiger partial charge < -0.3 is 9.47 Å². The van der Waals surface area contributed by atoms with Crippen molar-refractivity contribution >= 4 is 24.1 Å². The predicted octanol–water partition coefficient (Wildman–Crippen LogP) is 4.40. The molecule has 0 aliphatic rings. The normalized spacial score (nSPS) is 12.6. The predicted molar refractivity (Wildman–Crippen MR) is 96.2 cm³/mol. The second kappa shape index (κ2) is 7.95. The van der Waals surface area contributed by atoms with Gasteiger partial charge in [0.1, 0.15) is 11.2 Å². The first-order valence-corrected chi connectivity index (χ1v) is 7.87. The van der Waals surface area contributed by atoms with E-state index in [4.69, 9.17) is 9.47 Å². The van der Waals surface area contributed by atoms with Gasteiger partial charge in [-0.2, -0.15) is 0 Å². The minimum Gasteiger partial charge on any atom is -0.457 e. The Kier molecular flexibility index (Phi) is 6.52. The minimum absolute atomic E-state index is 0.409. The molecule has 1 aromatic rings. The Bertz CT molecular complexity index is 583. The average molecular weight is 330 g/mol. The van der Waals surface area contributed by atoms with Gasteiger partial charge in [-0.25, -0.2) is 9.59 Å². The van der Waals surface area contributed by atoms with Gasteiger partial charge in [-0.05, 0) is 64.8 Å². The Morgan fingerprint density at radius 1 is 0.750 bits per heavy atom. The van der Waals surface area contributed by atoms with E-state index in [2.05, 4.69) is 0 Å². The van der Waals surface area contributed by atoms with Crippen LogP contribution in [0, 0.1) is 0 Å². The zero-order valence-electron chi connectivity index (χ0n) is 15.3. The minimum atomic E-state index is -0.530. The van der Waals surface area contributed by atoms with E-state index in [9.17, 15) is 9.59 Å². The van der Waals surface area contributed by atoms with Crippen molar-refractivity contribution in [1.29, 1.82) is 0 Å². The number of ether oxygens (including phenoxy) is 2. The van der Waals surface area contributed by atoms with Crippen LogP contribution in [0.4, 0.5) is 0 Å². The summed E-state index contributed by atoms with van der Waals surface area (Å²) < 4.78 is 10.5. The topological polar surface area (TPSA) is 52.6 Å². The SMILES string of the molecule is CC(C)(C)OC(=O)/C=C/c1ccccc1/C=C/C(=O)OC(C)(C)C. The van der Waals surface area contributed by atoms with Gasteiger partial charge in [0.2, 0.25) is 0 Å². The Morgan fingerprint density at radius 3 is 1.38 bits per heavy atom. The lowest BCUT2D eigenvalue weighted by Gasteiger charge is -2.18. The highest BCUT2D eigenvalue weighted by Gasteiger charge is 2.15. The van der Waals surface area contributed by atoms with Crippen molar-refractivity contribution in [1.82, 2.24) is 0 Å². The van der Waals surface area contributed by atoms with Gasteiger partial charge >= 0.3 is 11.9 Å². The molecule has 0 aliphatic carbocycles. The second-order valence-electron chi connectivity index (χ2n) is 7.36. The lowest BCUT2D eigenvalue weighted by atomic mass is 10.1. The van der Waals surface area contributed by atoms with Crippen LogP contribution in [0.5, 0.6) is 0 Å². The van der Waals surface area contributed by atoms with Gasteiger partial charge in [-0.1, -0.05) is 24.3 Å². The van der Waals surface area contributed by atoms with E-state index in [-0.39, 0.29) is 0 Å². The van der Waals surface area contributed by atoms with Gasteiger partial charge in [0.05, 0.1) is 0 Å². The molecule has 0 saturated heterocycles. The zero-order valence-corrected chi connectivity index (χ0v) is 15.3. The maximum Gasteiger partial charge on any atom is 0.331 e. The largest absolute Gasteiger partial charge is 0.457 e. The lowest BCUT2D eigenvalue weighted by molar-refractivity contribution is -0.149. The molecule has 0 fully saturated rings. The van der Waals surface area contributed by atoms with E-state index < -0.39 is 23.1 Å². The van der Waals surface area contributed by atoms with E-state index >= 15 is 0 Å². The molecule has 4 heteroatoms. The van der Waals surface area contributed by atoms with Gasteiger partial charge in [0.15, 0.2) is 0 Å². The Labute approximate surface area is 144 Å². The maximum atomic E-state index is 11.8. The van der Waals surface area contributed by atoms with Crippen molar-refractivity contribution in [2.24, 2.45) is 0 Å². The Balaban J connectivity index is 2.85. The van der Waals surface area contributed by atoms with E-state index in [0.29, 0.717) is 0 Å². The highest BCUT2D eigenvalue weighted by Crippen LogP contribution is 2.15. The molecule has 0 N–H and O–H groups in total. The highest BCUT2D eigenvalue weighted by molar-refractivity contribution is 5.90. The fraction of sp³-hybridized carbons (Fsp3) is 0.400. The summed E-state index contributed by atoms with van der Waals surface area (Å²) in [4.78, 5) is 23.5. The van der Waals surface area contributed by atoms with Crippen molar-refractivity contribution in [2.45, 2.75) is 52.7 Å². The number of esters is 2. The summed E-state index contributed by atoms with van der Waals surface area (Å²) in [6.07, 6.45) is 6.10. The van der Waals surface area contributed by atoms with Crippen LogP contribution in [-0.4, -0.2) is 23.1 Å². The van der Waals surface area contributed by atoms with Crippen LogP contribution in [0.25, 0.3) is 12.2 Å². The fourth-order valence-corrected chi connectivity index (χ4v) is 1.80. The molecule has 24 heavy (non-hydrogen) atoms. The Morgan fingerprint density at radius 2 is 1.08 bits per heavy atom. The molecule has 0 amide bonds. The van der Waals surface area contributed by atoms with Crippen molar-refractivity contribution < 1.29 is 19.1 Å². The molecule has 0 bridgehead atoms. The number of rotatable bonds is 4. The summed E-state index contributed by atoms with van der Waals surface area (Å²) in [7, 11) is 0. The molecule has 0 saturated carbocycles. The molecule has 0 unspecified atom stereocenters. The van der Waals surface area contributed by atoms with Crippen LogP contribution in [0.3, 0.4) is 0 Å². The fourth-order valence-electron chi connectivity index (χ4n) is 1.80. The summed E-state index contributed by atoms with van der Waals surface area (Å²) in [5, 5.41) is 0. The van der Waals surface area contributed by atoms with E-state index in [1.54, 1.807) is 12.2 Å². The van der Waals surface area contributed by atoms with Crippen LogP contribution >= 0.6 is 0 Å². The molecule has 0 aromatic heterocycles. The standard InChI is InChI=1S/C20H26O4/c1-19(2,3)23-17(21)13-11-15-9-7-8-10-16(15)12-14-18(22)24-20(4,5)6/h7-14H,1-6H3/b13-11+,14-12+. The summed E-state index contributed by atoms with van der Waals surface area (Å²) in [5.74, 6) is -0.818. The molecule has 0 spiro atoms. The number of benzene rings is 1. The van der Waals surface area contributed by atoms with E-state index in [1.165, 1.54) is 12.2 Å². The third-order valence-electron chi connectivity index (χ3n) is 2.61. The summed E-state index contributed by atoms with van der Waals surface area (Å²) in [6, 6.07) is 7.43. The van der Waals surface area contributed by atoms with Gasteiger partial charge in [0.25, 0.3) is 0 Å². The molecular formula is C20H26O4. The summed E-state index contributed by atoms with van der Waals surface area (Å²) in [5.41, 5.74) is 0.557. The molecule has 0 aliphatic heterocycles. The van der Waals surface area contributed by atoms with Crippen molar-refractivity contribution in [3.8, 4) is 0 Å². The quantitative estimate of drug-likeness (QED) is 0.606. The van der Waals surface area contributed by atoms with Gasteiger partial charge in [-0.15, -0.1) is 0 Å². The molecule has 0 heterocycles. The smallest absolute Gasteiger partial charge is 0.331 e.